The summed E-state index contributed by atoms with van der Waals surface area (Å²) in [7, 11) is 0. The van der Waals surface area contributed by atoms with E-state index in [0.29, 0.717) is 0 Å². The van der Waals surface area contributed by atoms with Crippen molar-refractivity contribution in [2.45, 2.75) is 38.6 Å². The maximum Gasteiger partial charge on any atom is 0.263 e. The van der Waals surface area contributed by atoms with Crippen molar-refractivity contribution < 1.29 is 4.79 Å². The topological polar surface area (TPSA) is 64.9 Å². The summed E-state index contributed by atoms with van der Waals surface area (Å²) < 4.78 is 0. The first-order chi connectivity index (χ1) is 9.69. The predicted molar refractivity (Wildman–Crippen MR) is 78.9 cm³/mol. The summed E-state index contributed by atoms with van der Waals surface area (Å²) in [5.41, 5.74) is 2.10. The second-order valence-electron chi connectivity index (χ2n) is 5.14. The van der Waals surface area contributed by atoms with Crippen LogP contribution < -0.4 is 10.6 Å². The molecule has 0 spiro atoms. The molecule has 0 aliphatic heterocycles. The fraction of sp³-hybridized carbons (Fsp3) is 0.375. The Bertz CT molecular complexity index is 551. The van der Waals surface area contributed by atoms with Crippen LogP contribution in [-0.2, 0) is 4.79 Å². The van der Waals surface area contributed by atoms with Gasteiger partial charge in [0, 0.05) is 17.9 Å². The van der Waals surface area contributed by atoms with Crippen LogP contribution in [0.5, 0.6) is 0 Å². The monoisotopic (exact) mass is 269 g/mol. The van der Waals surface area contributed by atoms with Gasteiger partial charge in [0.05, 0.1) is 0 Å². The van der Waals surface area contributed by atoms with Crippen molar-refractivity contribution >= 4 is 11.6 Å². The van der Waals surface area contributed by atoms with E-state index in [2.05, 4.69) is 10.6 Å². The number of nitriles is 1. The van der Waals surface area contributed by atoms with Crippen molar-refractivity contribution in [3.63, 3.8) is 0 Å². The third-order valence-electron chi connectivity index (χ3n) is 3.46. The quantitative estimate of drug-likeness (QED) is 0.652. The van der Waals surface area contributed by atoms with Gasteiger partial charge in [-0.25, -0.2) is 0 Å². The molecule has 20 heavy (non-hydrogen) atoms. The zero-order valence-corrected chi connectivity index (χ0v) is 11.6. The summed E-state index contributed by atoms with van der Waals surface area (Å²) in [6.07, 6.45) is 5.79. The summed E-state index contributed by atoms with van der Waals surface area (Å²) in [6.45, 7) is 1.99. The van der Waals surface area contributed by atoms with Gasteiger partial charge in [0.2, 0.25) is 0 Å². The van der Waals surface area contributed by atoms with Gasteiger partial charge < -0.3 is 10.6 Å². The maximum atomic E-state index is 12.0. The molecule has 0 unspecified atom stereocenters. The number of rotatable bonds is 4. The number of hydrogen-bond donors (Lipinski definition) is 2. The molecule has 104 valence electrons. The van der Waals surface area contributed by atoms with Crippen LogP contribution in [0.4, 0.5) is 5.69 Å². The van der Waals surface area contributed by atoms with E-state index in [4.69, 9.17) is 5.26 Å². The standard InChI is InChI=1S/C16H19N3O/c1-12-5-4-8-15(9-12)18-11-13(10-17)16(20)19-14-6-2-3-7-14/h4-5,8-9,11,14,18H,2-3,6-7H2,1H3,(H,19,20)/b13-11-. The largest absolute Gasteiger partial charge is 0.360 e. The van der Waals surface area contributed by atoms with Crippen molar-refractivity contribution in [3.05, 3.63) is 41.6 Å². The number of carbonyl (C=O) groups excluding carboxylic acids is 1. The second kappa shape index (κ2) is 6.76. The van der Waals surface area contributed by atoms with Gasteiger partial charge >= 0.3 is 0 Å². The molecule has 1 aromatic rings. The lowest BCUT2D eigenvalue weighted by Gasteiger charge is -2.11. The van der Waals surface area contributed by atoms with E-state index < -0.39 is 0 Å². The highest BCUT2D eigenvalue weighted by molar-refractivity contribution is 5.97. The molecule has 0 aromatic heterocycles. The smallest absolute Gasteiger partial charge is 0.263 e. The average molecular weight is 269 g/mol. The third kappa shape index (κ3) is 3.86. The predicted octanol–water partition coefficient (Wildman–Crippen LogP) is 2.87. The van der Waals surface area contributed by atoms with Gasteiger partial charge in [-0.05, 0) is 37.5 Å². The minimum atomic E-state index is -0.292. The number of nitrogens with zero attached hydrogens (tertiary/aromatic N) is 1. The third-order valence-corrected chi connectivity index (χ3v) is 3.46. The van der Waals surface area contributed by atoms with Gasteiger partial charge in [-0.1, -0.05) is 25.0 Å². The molecule has 0 atom stereocenters. The summed E-state index contributed by atoms with van der Waals surface area (Å²) in [5.74, 6) is -0.292. The number of anilines is 1. The Morgan fingerprint density at radius 3 is 2.80 bits per heavy atom. The molecule has 4 heteroatoms. The molecule has 1 aliphatic rings. The van der Waals surface area contributed by atoms with Crippen LogP contribution in [0, 0.1) is 18.3 Å². The van der Waals surface area contributed by atoms with Crippen LogP contribution in [0.15, 0.2) is 36.0 Å². The fourth-order valence-corrected chi connectivity index (χ4v) is 2.37. The highest BCUT2D eigenvalue weighted by Crippen LogP contribution is 2.18. The lowest BCUT2D eigenvalue weighted by Crippen LogP contribution is -2.33. The van der Waals surface area contributed by atoms with Crippen molar-refractivity contribution in [2.24, 2.45) is 0 Å². The molecule has 0 radical (unpaired) electrons. The van der Waals surface area contributed by atoms with Crippen molar-refractivity contribution in [1.29, 1.82) is 5.26 Å². The SMILES string of the molecule is Cc1cccc(N/C=C(/C#N)C(=O)NC2CCCC2)c1. The van der Waals surface area contributed by atoms with Crippen molar-refractivity contribution in [2.75, 3.05) is 5.32 Å². The van der Waals surface area contributed by atoms with E-state index in [-0.39, 0.29) is 17.5 Å². The average Bonchev–Trinajstić information content (AvgIpc) is 2.92. The first-order valence-corrected chi connectivity index (χ1v) is 6.93. The Labute approximate surface area is 119 Å². The van der Waals surface area contributed by atoms with Gasteiger partial charge in [0.15, 0.2) is 0 Å². The molecule has 4 nitrogen and oxygen atoms in total. The van der Waals surface area contributed by atoms with E-state index >= 15 is 0 Å². The highest BCUT2D eigenvalue weighted by atomic mass is 16.1. The molecule has 1 saturated carbocycles. The molecule has 1 fully saturated rings. The van der Waals surface area contributed by atoms with Crippen LogP contribution in [0.25, 0.3) is 0 Å². The Balaban J connectivity index is 1.98. The molecule has 1 aliphatic carbocycles. The molecule has 2 rings (SSSR count). The van der Waals surface area contributed by atoms with Gasteiger partial charge in [-0.3, -0.25) is 4.79 Å². The Hall–Kier alpha value is -2.28. The summed E-state index contributed by atoms with van der Waals surface area (Å²) in [5, 5.41) is 15.0. The van der Waals surface area contributed by atoms with E-state index in [1.165, 1.54) is 6.20 Å². The van der Waals surface area contributed by atoms with Crippen LogP contribution >= 0.6 is 0 Å². The molecule has 1 amide bonds. The van der Waals surface area contributed by atoms with E-state index in [1.807, 2.05) is 37.3 Å². The molecule has 0 heterocycles. The second-order valence-corrected chi connectivity index (χ2v) is 5.14. The van der Waals surface area contributed by atoms with Crippen LogP contribution in [-0.4, -0.2) is 11.9 Å². The van der Waals surface area contributed by atoms with Crippen LogP contribution in [0.2, 0.25) is 0 Å². The number of amides is 1. The Kier molecular flexibility index (Phi) is 4.78. The minimum Gasteiger partial charge on any atom is -0.360 e. The van der Waals surface area contributed by atoms with Crippen LogP contribution in [0.3, 0.4) is 0 Å². The molecule has 2 N–H and O–H groups in total. The minimum absolute atomic E-state index is 0.110. The van der Waals surface area contributed by atoms with Gasteiger partial charge in [-0.15, -0.1) is 0 Å². The summed E-state index contributed by atoms with van der Waals surface area (Å²) in [6, 6.07) is 9.94. The zero-order valence-electron chi connectivity index (χ0n) is 11.6. The Morgan fingerprint density at radius 1 is 1.40 bits per heavy atom. The molecule has 1 aromatic carbocycles. The number of benzene rings is 1. The van der Waals surface area contributed by atoms with Crippen molar-refractivity contribution in [1.82, 2.24) is 5.32 Å². The number of aryl methyl sites for hydroxylation is 1. The van der Waals surface area contributed by atoms with Crippen LogP contribution in [0.1, 0.15) is 31.2 Å². The first-order valence-electron chi connectivity index (χ1n) is 6.93. The van der Waals surface area contributed by atoms with Gasteiger partial charge in [0.1, 0.15) is 11.6 Å². The van der Waals surface area contributed by atoms with E-state index in [1.54, 1.807) is 0 Å². The number of nitrogens with one attached hydrogen (secondary N) is 2. The lowest BCUT2D eigenvalue weighted by molar-refractivity contribution is -0.117. The van der Waals surface area contributed by atoms with Crippen molar-refractivity contribution in [3.8, 4) is 6.07 Å². The normalized spacial score (nSPS) is 15.7. The number of hydrogen-bond acceptors (Lipinski definition) is 3. The maximum absolute atomic E-state index is 12.0. The summed E-state index contributed by atoms with van der Waals surface area (Å²) in [4.78, 5) is 12.0. The van der Waals surface area contributed by atoms with Gasteiger partial charge in [0.25, 0.3) is 5.91 Å². The van der Waals surface area contributed by atoms with E-state index in [9.17, 15) is 4.79 Å². The Morgan fingerprint density at radius 2 is 2.15 bits per heavy atom. The molecular formula is C16H19N3O. The van der Waals surface area contributed by atoms with Gasteiger partial charge in [-0.2, -0.15) is 5.26 Å². The summed E-state index contributed by atoms with van der Waals surface area (Å²) >= 11 is 0. The first kappa shape index (κ1) is 14.1. The zero-order chi connectivity index (χ0) is 14.4. The van der Waals surface area contributed by atoms with E-state index in [0.717, 1.165) is 36.9 Å². The highest BCUT2D eigenvalue weighted by Gasteiger charge is 2.19. The molecular weight excluding hydrogens is 250 g/mol. The fourth-order valence-electron chi connectivity index (χ4n) is 2.37. The molecule has 0 saturated heterocycles. The molecule has 0 bridgehead atoms. The number of carbonyl (C=O) groups is 1. The lowest BCUT2D eigenvalue weighted by atomic mass is 10.2.